The Hall–Kier alpha value is -0.0800. The molecule has 2 aliphatic rings. The molecule has 2 rings (SSSR count). The lowest BCUT2D eigenvalue weighted by molar-refractivity contribution is 0.122. The van der Waals surface area contributed by atoms with Gasteiger partial charge in [-0.1, -0.05) is 27.7 Å². The van der Waals surface area contributed by atoms with Gasteiger partial charge < -0.3 is 10.2 Å². The molecule has 0 heterocycles. The Labute approximate surface area is 126 Å². The molecule has 20 heavy (non-hydrogen) atoms. The Kier molecular flexibility index (Phi) is 6.35. The SMILES string of the molecule is CCNC1CCC(C(C)C)CC1CN(CC)CC1CC1. The number of nitrogens with one attached hydrogen (secondary N) is 1. The lowest BCUT2D eigenvalue weighted by Crippen LogP contribution is -2.46. The Morgan fingerprint density at radius 1 is 1.05 bits per heavy atom. The molecule has 1 N–H and O–H groups in total. The Bertz CT molecular complexity index is 273. The first-order chi connectivity index (χ1) is 9.63. The first-order valence-electron chi connectivity index (χ1n) is 9.09. The van der Waals surface area contributed by atoms with Crippen molar-refractivity contribution in [3.05, 3.63) is 0 Å². The van der Waals surface area contributed by atoms with Crippen LogP contribution in [0.2, 0.25) is 0 Å². The highest BCUT2D eigenvalue weighted by Gasteiger charge is 2.33. The quantitative estimate of drug-likeness (QED) is 0.728. The average Bonchev–Trinajstić information content (AvgIpc) is 3.23. The second kappa shape index (κ2) is 7.79. The van der Waals surface area contributed by atoms with Gasteiger partial charge >= 0.3 is 0 Å². The van der Waals surface area contributed by atoms with Crippen LogP contribution in [0, 0.1) is 23.7 Å². The van der Waals surface area contributed by atoms with Gasteiger partial charge in [-0.3, -0.25) is 0 Å². The maximum absolute atomic E-state index is 3.77. The smallest absolute Gasteiger partial charge is 0.0108 e. The third-order valence-corrected chi connectivity index (χ3v) is 5.59. The zero-order valence-corrected chi connectivity index (χ0v) is 14.2. The largest absolute Gasteiger partial charge is 0.314 e. The zero-order valence-electron chi connectivity index (χ0n) is 14.2. The van der Waals surface area contributed by atoms with Crippen molar-refractivity contribution in [2.75, 3.05) is 26.2 Å². The number of nitrogens with zero attached hydrogens (tertiary/aromatic N) is 1. The lowest BCUT2D eigenvalue weighted by atomic mass is 9.73. The van der Waals surface area contributed by atoms with Gasteiger partial charge in [-0.25, -0.2) is 0 Å². The summed E-state index contributed by atoms with van der Waals surface area (Å²) < 4.78 is 0. The molecule has 0 aromatic carbocycles. The third kappa shape index (κ3) is 4.73. The molecule has 0 aliphatic heterocycles. The van der Waals surface area contributed by atoms with Crippen molar-refractivity contribution in [2.24, 2.45) is 23.7 Å². The van der Waals surface area contributed by atoms with Crippen LogP contribution in [0.4, 0.5) is 0 Å². The minimum Gasteiger partial charge on any atom is -0.314 e. The van der Waals surface area contributed by atoms with Crippen molar-refractivity contribution >= 4 is 0 Å². The first-order valence-corrected chi connectivity index (χ1v) is 9.09. The predicted octanol–water partition coefficient (Wildman–Crippen LogP) is 3.77. The molecular weight excluding hydrogens is 244 g/mol. The van der Waals surface area contributed by atoms with Crippen LogP contribution in [0.15, 0.2) is 0 Å². The summed E-state index contributed by atoms with van der Waals surface area (Å²) in [7, 11) is 0. The maximum Gasteiger partial charge on any atom is 0.0108 e. The molecule has 2 aliphatic carbocycles. The van der Waals surface area contributed by atoms with Crippen LogP contribution in [0.1, 0.15) is 59.8 Å². The van der Waals surface area contributed by atoms with Crippen molar-refractivity contribution < 1.29 is 0 Å². The summed E-state index contributed by atoms with van der Waals surface area (Å²) in [6.07, 6.45) is 7.22. The molecule has 0 radical (unpaired) electrons. The normalized spacial score (nSPS) is 31.2. The molecule has 3 unspecified atom stereocenters. The minimum atomic E-state index is 0.767. The topological polar surface area (TPSA) is 15.3 Å². The molecule has 3 atom stereocenters. The molecule has 0 aromatic heterocycles. The number of hydrogen-bond donors (Lipinski definition) is 1. The molecular formula is C18H36N2. The summed E-state index contributed by atoms with van der Waals surface area (Å²) in [5, 5.41) is 3.77. The van der Waals surface area contributed by atoms with E-state index < -0.39 is 0 Å². The van der Waals surface area contributed by atoms with Gasteiger partial charge in [-0.2, -0.15) is 0 Å². The lowest BCUT2D eigenvalue weighted by Gasteiger charge is -2.40. The van der Waals surface area contributed by atoms with E-state index in [0.29, 0.717) is 0 Å². The highest BCUT2D eigenvalue weighted by atomic mass is 15.1. The molecule has 0 spiro atoms. The average molecular weight is 280 g/mol. The first kappa shape index (κ1) is 16.3. The van der Waals surface area contributed by atoms with Crippen LogP contribution >= 0.6 is 0 Å². The van der Waals surface area contributed by atoms with Gasteiger partial charge in [-0.15, -0.1) is 0 Å². The van der Waals surface area contributed by atoms with Gasteiger partial charge in [-0.05, 0) is 68.9 Å². The van der Waals surface area contributed by atoms with Crippen molar-refractivity contribution in [3.63, 3.8) is 0 Å². The van der Waals surface area contributed by atoms with E-state index in [0.717, 1.165) is 36.3 Å². The van der Waals surface area contributed by atoms with Gasteiger partial charge in [0.25, 0.3) is 0 Å². The maximum atomic E-state index is 3.77. The molecule has 2 fully saturated rings. The van der Waals surface area contributed by atoms with Crippen LogP contribution in [0.5, 0.6) is 0 Å². The summed E-state index contributed by atoms with van der Waals surface area (Å²) >= 11 is 0. The standard InChI is InChI=1S/C18H36N2/c1-5-19-18-10-9-16(14(3)4)11-17(18)13-20(6-2)12-15-7-8-15/h14-19H,5-13H2,1-4H3. The summed E-state index contributed by atoms with van der Waals surface area (Å²) in [6.45, 7) is 14.5. The van der Waals surface area contributed by atoms with E-state index in [2.05, 4.69) is 37.9 Å². The molecule has 2 heteroatoms. The molecule has 0 saturated heterocycles. The summed E-state index contributed by atoms with van der Waals surface area (Å²) in [5.41, 5.74) is 0. The fraction of sp³-hybridized carbons (Fsp3) is 1.00. The van der Waals surface area contributed by atoms with Crippen molar-refractivity contribution in [1.82, 2.24) is 10.2 Å². The molecule has 2 saturated carbocycles. The highest BCUT2D eigenvalue weighted by molar-refractivity contribution is 4.88. The predicted molar refractivity (Wildman–Crippen MR) is 88.0 cm³/mol. The van der Waals surface area contributed by atoms with E-state index in [1.807, 2.05) is 0 Å². The molecule has 0 bridgehead atoms. The van der Waals surface area contributed by atoms with Crippen LogP contribution in [0.25, 0.3) is 0 Å². The van der Waals surface area contributed by atoms with Crippen LogP contribution in [-0.2, 0) is 0 Å². The molecule has 2 nitrogen and oxygen atoms in total. The van der Waals surface area contributed by atoms with Crippen molar-refractivity contribution in [2.45, 2.75) is 65.8 Å². The van der Waals surface area contributed by atoms with E-state index in [-0.39, 0.29) is 0 Å². The Morgan fingerprint density at radius 3 is 2.35 bits per heavy atom. The molecule has 0 amide bonds. The van der Waals surface area contributed by atoms with E-state index >= 15 is 0 Å². The second-order valence-corrected chi connectivity index (χ2v) is 7.54. The number of rotatable bonds is 8. The highest BCUT2D eigenvalue weighted by Crippen LogP contribution is 2.35. The van der Waals surface area contributed by atoms with Gasteiger partial charge in [0.15, 0.2) is 0 Å². The number of hydrogen-bond acceptors (Lipinski definition) is 2. The van der Waals surface area contributed by atoms with Gasteiger partial charge in [0, 0.05) is 19.1 Å². The molecule has 118 valence electrons. The van der Waals surface area contributed by atoms with Gasteiger partial charge in [0.2, 0.25) is 0 Å². The fourth-order valence-electron chi connectivity index (χ4n) is 3.97. The second-order valence-electron chi connectivity index (χ2n) is 7.54. The summed E-state index contributed by atoms with van der Waals surface area (Å²) in [4.78, 5) is 2.73. The summed E-state index contributed by atoms with van der Waals surface area (Å²) in [5.74, 6) is 3.71. The zero-order chi connectivity index (χ0) is 14.5. The van der Waals surface area contributed by atoms with Gasteiger partial charge in [0.1, 0.15) is 0 Å². The van der Waals surface area contributed by atoms with E-state index in [1.54, 1.807) is 0 Å². The summed E-state index contributed by atoms with van der Waals surface area (Å²) in [6, 6.07) is 0.767. The third-order valence-electron chi connectivity index (χ3n) is 5.59. The van der Waals surface area contributed by atoms with Crippen LogP contribution in [0.3, 0.4) is 0 Å². The van der Waals surface area contributed by atoms with Crippen molar-refractivity contribution in [3.8, 4) is 0 Å². The van der Waals surface area contributed by atoms with Crippen LogP contribution in [-0.4, -0.2) is 37.1 Å². The Morgan fingerprint density at radius 2 is 1.80 bits per heavy atom. The van der Waals surface area contributed by atoms with E-state index in [9.17, 15) is 0 Å². The van der Waals surface area contributed by atoms with Crippen LogP contribution < -0.4 is 5.32 Å². The Balaban J connectivity index is 1.90. The molecule has 0 aromatic rings. The van der Waals surface area contributed by atoms with Gasteiger partial charge in [0.05, 0.1) is 0 Å². The van der Waals surface area contributed by atoms with Crippen molar-refractivity contribution in [1.29, 1.82) is 0 Å². The fourth-order valence-corrected chi connectivity index (χ4v) is 3.97. The minimum absolute atomic E-state index is 0.767. The van der Waals surface area contributed by atoms with E-state index in [4.69, 9.17) is 0 Å². The van der Waals surface area contributed by atoms with E-state index in [1.165, 1.54) is 51.7 Å². The monoisotopic (exact) mass is 280 g/mol.